The fourth-order valence-electron chi connectivity index (χ4n) is 2.85. The molecule has 0 aliphatic rings. The Balaban J connectivity index is 1.81. The Morgan fingerprint density at radius 1 is 0.625 bits per heavy atom. The molecule has 0 aliphatic carbocycles. The van der Waals surface area contributed by atoms with Crippen LogP contribution in [0.5, 0.6) is 0 Å². The zero-order valence-corrected chi connectivity index (χ0v) is 16.7. The summed E-state index contributed by atoms with van der Waals surface area (Å²) in [5, 5.41) is 29.0. The molecular weight excluding hydrogens is 412 g/mol. The van der Waals surface area contributed by atoms with Gasteiger partial charge in [0.05, 0.1) is 11.4 Å². The van der Waals surface area contributed by atoms with Crippen LogP contribution in [0.25, 0.3) is 0 Å². The number of anilines is 2. The molecule has 10 heteroatoms. The first kappa shape index (κ1) is 21.8. The molecule has 3 aromatic carbocycles. The Labute approximate surface area is 182 Å². The van der Waals surface area contributed by atoms with Crippen molar-refractivity contribution in [2.75, 3.05) is 10.6 Å². The molecule has 0 saturated heterocycles. The number of amidine groups is 2. The first-order valence-corrected chi connectivity index (χ1v) is 9.30. The minimum atomic E-state index is -0.451. The summed E-state index contributed by atoms with van der Waals surface area (Å²) in [5.41, 5.74) is 13.2. The van der Waals surface area contributed by atoms with Gasteiger partial charge in [0.2, 0.25) is 0 Å². The van der Waals surface area contributed by atoms with E-state index in [1.807, 2.05) is 0 Å². The standard InChI is InChI=1S/C22H20N6O4/c23-19(27-31)13-5-3-7-15(11-13)21(29)25-17-9-1-2-10-18(17)26-22(30)16-8-4-6-14(12-16)20(24)28-32/h1-12,31-32H,(H2,23,27)(H2,24,28)(H,25,29)(H,26,30). The number of hydrogen-bond acceptors (Lipinski definition) is 6. The van der Waals surface area contributed by atoms with Crippen LogP contribution in [0, 0.1) is 0 Å². The lowest BCUT2D eigenvalue weighted by atomic mass is 10.1. The number of carbonyl (C=O) groups is 2. The number of oxime groups is 2. The van der Waals surface area contributed by atoms with Crippen LogP contribution in [0.15, 0.2) is 83.1 Å². The third-order valence-corrected chi connectivity index (χ3v) is 4.48. The number of benzene rings is 3. The van der Waals surface area contributed by atoms with Crippen molar-refractivity contribution in [3.05, 3.63) is 95.1 Å². The van der Waals surface area contributed by atoms with E-state index in [0.29, 0.717) is 22.5 Å². The van der Waals surface area contributed by atoms with Gasteiger partial charge < -0.3 is 32.5 Å². The predicted octanol–water partition coefficient (Wildman–Crippen LogP) is 2.38. The molecule has 0 saturated carbocycles. The molecule has 32 heavy (non-hydrogen) atoms. The number of nitrogens with two attached hydrogens (primary N) is 2. The molecule has 0 radical (unpaired) electrons. The van der Waals surface area contributed by atoms with Crippen molar-refractivity contribution < 1.29 is 20.0 Å². The number of nitrogens with one attached hydrogen (secondary N) is 2. The van der Waals surface area contributed by atoms with Crippen LogP contribution in [-0.2, 0) is 0 Å². The van der Waals surface area contributed by atoms with Gasteiger partial charge in [-0.3, -0.25) is 9.59 Å². The second-order valence-electron chi connectivity index (χ2n) is 6.59. The molecule has 3 rings (SSSR count). The molecule has 3 aromatic rings. The highest BCUT2D eigenvalue weighted by Crippen LogP contribution is 2.23. The van der Waals surface area contributed by atoms with Gasteiger partial charge in [-0.1, -0.05) is 46.7 Å². The van der Waals surface area contributed by atoms with Crippen molar-refractivity contribution >= 4 is 34.9 Å². The van der Waals surface area contributed by atoms with Gasteiger partial charge in [-0.05, 0) is 36.4 Å². The smallest absolute Gasteiger partial charge is 0.255 e. The molecule has 0 unspecified atom stereocenters. The molecule has 0 aliphatic heterocycles. The van der Waals surface area contributed by atoms with Crippen LogP contribution >= 0.6 is 0 Å². The maximum atomic E-state index is 12.7. The Bertz CT molecular complexity index is 1130. The van der Waals surface area contributed by atoms with Crippen molar-refractivity contribution in [1.29, 1.82) is 0 Å². The predicted molar refractivity (Wildman–Crippen MR) is 120 cm³/mol. The van der Waals surface area contributed by atoms with Gasteiger partial charge in [-0.2, -0.15) is 0 Å². The average molecular weight is 432 g/mol. The SMILES string of the molecule is NC(=NO)c1cccc(C(=O)Nc2ccccc2NC(=O)c2cccc(C(N)=NO)c2)c1. The summed E-state index contributed by atoms with van der Waals surface area (Å²) in [6.07, 6.45) is 0. The lowest BCUT2D eigenvalue weighted by Gasteiger charge is -2.13. The quantitative estimate of drug-likeness (QED) is 0.151. The minimum Gasteiger partial charge on any atom is -0.409 e. The van der Waals surface area contributed by atoms with E-state index in [2.05, 4.69) is 20.9 Å². The maximum absolute atomic E-state index is 12.7. The summed E-state index contributed by atoms with van der Waals surface area (Å²) < 4.78 is 0. The molecule has 0 aromatic heterocycles. The Hall–Kier alpha value is -4.86. The Kier molecular flexibility index (Phi) is 6.66. The van der Waals surface area contributed by atoms with Crippen LogP contribution in [0.3, 0.4) is 0 Å². The topological polar surface area (TPSA) is 175 Å². The van der Waals surface area contributed by atoms with E-state index in [1.54, 1.807) is 60.7 Å². The lowest BCUT2D eigenvalue weighted by Crippen LogP contribution is -2.19. The van der Waals surface area contributed by atoms with Crippen LogP contribution in [0.2, 0.25) is 0 Å². The molecule has 10 nitrogen and oxygen atoms in total. The highest BCUT2D eigenvalue weighted by atomic mass is 16.4. The van der Waals surface area contributed by atoms with E-state index >= 15 is 0 Å². The maximum Gasteiger partial charge on any atom is 0.255 e. The van der Waals surface area contributed by atoms with E-state index in [0.717, 1.165) is 0 Å². The molecule has 2 amide bonds. The lowest BCUT2D eigenvalue weighted by molar-refractivity contribution is 0.101. The highest BCUT2D eigenvalue weighted by Gasteiger charge is 2.14. The van der Waals surface area contributed by atoms with Crippen molar-refractivity contribution in [3.63, 3.8) is 0 Å². The van der Waals surface area contributed by atoms with Crippen LogP contribution in [-0.4, -0.2) is 33.9 Å². The summed E-state index contributed by atoms with van der Waals surface area (Å²) in [6.45, 7) is 0. The van der Waals surface area contributed by atoms with E-state index in [-0.39, 0.29) is 22.8 Å². The summed E-state index contributed by atoms with van der Waals surface area (Å²) in [5.74, 6) is -1.15. The van der Waals surface area contributed by atoms with Crippen molar-refractivity contribution in [1.82, 2.24) is 0 Å². The van der Waals surface area contributed by atoms with Gasteiger partial charge in [-0.15, -0.1) is 0 Å². The second kappa shape index (κ2) is 9.76. The largest absolute Gasteiger partial charge is 0.409 e. The highest BCUT2D eigenvalue weighted by molar-refractivity contribution is 6.11. The fourth-order valence-corrected chi connectivity index (χ4v) is 2.85. The summed E-state index contributed by atoms with van der Waals surface area (Å²) >= 11 is 0. The molecule has 0 atom stereocenters. The zero-order chi connectivity index (χ0) is 23.1. The third kappa shape index (κ3) is 5.00. The summed E-state index contributed by atoms with van der Waals surface area (Å²) in [7, 11) is 0. The Morgan fingerprint density at radius 2 is 1.00 bits per heavy atom. The van der Waals surface area contributed by atoms with Gasteiger partial charge >= 0.3 is 0 Å². The minimum absolute atomic E-state index is 0.124. The van der Waals surface area contributed by atoms with Gasteiger partial charge in [0.15, 0.2) is 11.7 Å². The van der Waals surface area contributed by atoms with Crippen molar-refractivity contribution in [3.8, 4) is 0 Å². The van der Waals surface area contributed by atoms with Crippen LogP contribution < -0.4 is 22.1 Å². The monoisotopic (exact) mass is 432 g/mol. The van der Waals surface area contributed by atoms with Gasteiger partial charge in [-0.25, -0.2) is 0 Å². The molecule has 162 valence electrons. The number of carbonyl (C=O) groups excluding carboxylic acids is 2. The van der Waals surface area contributed by atoms with Crippen LogP contribution in [0.1, 0.15) is 31.8 Å². The number of nitrogens with zero attached hydrogens (tertiary/aromatic N) is 2. The summed E-state index contributed by atoms with van der Waals surface area (Å²) in [6, 6.07) is 19.2. The second-order valence-corrected chi connectivity index (χ2v) is 6.59. The number of para-hydroxylation sites is 2. The number of rotatable bonds is 6. The molecule has 0 heterocycles. The Morgan fingerprint density at radius 3 is 1.38 bits per heavy atom. The van der Waals surface area contributed by atoms with E-state index in [9.17, 15) is 9.59 Å². The zero-order valence-electron chi connectivity index (χ0n) is 16.7. The van der Waals surface area contributed by atoms with Crippen molar-refractivity contribution in [2.45, 2.75) is 0 Å². The molecule has 0 bridgehead atoms. The molecule has 0 spiro atoms. The van der Waals surface area contributed by atoms with E-state index in [4.69, 9.17) is 21.9 Å². The van der Waals surface area contributed by atoms with Crippen molar-refractivity contribution in [2.24, 2.45) is 21.8 Å². The summed E-state index contributed by atoms with van der Waals surface area (Å²) in [4.78, 5) is 25.4. The molecule has 0 fully saturated rings. The van der Waals surface area contributed by atoms with E-state index in [1.165, 1.54) is 12.1 Å². The van der Waals surface area contributed by atoms with Gasteiger partial charge in [0, 0.05) is 22.3 Å². The first-order valence-electron chi connectivity index (χ1n) is 9.30. The number of amides is 2. The van der Waals surface area contributed by atoms with E-state index < -0.39 is 11.8 Å². The number of hydrogen-bond donors (Lipinski definition) is 6. The third-order valence-electron chi connectivity index (χ3n) is 4.48. The molecule has 8 N–H and O–H groups in total. The van der Waals surface area contributed by atoms with Crippen LogP contribution in [0.4, 0.5) is 11.4 Å². The first-order chi connectivity index (χ1) is 15.4. The van der Waals surface area contributed by atoms with Gasteiger partial charge in [0.25, 0.3) is 11.8 Å². The normalized spacial score (nSPS) is 11.6. The average Bonchev–Trinajstić information content (AvgIpc) is 2.84. The van der Waals surface area contributed by atoms with Gasteiger partial charge in [0.1, 0.15) is 0 Å². The fraction of sp³-hybridized carbons (Fsp3) is 0. The molecular formula is C22H20N6O4.